The highest BCUT2D eigenvalue weighted by atomic mass is 79.9. The van der Waals surface area contributed by atoms with E-state index in [4.69, 9.17) is 4.74 Å². The van der Waals surface area contributed by atoms with Gasteiger partial charge in [0.05, 0.1) is 17.4 Å². The molecule has 2 aromatic rings. The van der Waals surface area contributed by atoms with Gasteiger partial charge in [-0.1, -0.05) is 0 Å². The van der Waals surface area contributed by atoms with Crippen molar-refractivity contribution in [2.24, 2.45) is 0 Å². The number of anilines is 1. The zero-order valence-corrected chi connectivity index (χ0v) is 12.2. The Morgan fingerprint density at radius 2 is 1.88 bits per heavy atom. The van der Waals surface area contributed by atoms with Crippen molar-refractivity contribution in [2.75, 3.05) is 19.1 Å². The number of methoxy groups -OCH3 is 1. The Kier molecular flexibility index (Phi) is 4.07. The van der Waals surface area contributed by atoms with E-state index in [0.717, 1.165) is 12.3 Å². The molecule has 1 heterocycles. The molecule has 0 radical (unpaired) electrons. The Hall–Kier alpha value is -1.00. The summed E-state index contributed by atoms with van der Waals surface area (Å²) in [5.41, 5.74) is 1.19. The fourth-order valence-corrected chi connectivity index (χ4v) is 3.14. The molecule has 2 nitrogen and oxygen atoms in total. The molecule has 0 spiro atoms. The summed E-state index contributed by atoms with van der Waals surface area (Å²) in [5, 5.41) is 0. The van der Waals surface area contributed by atoms with Crippen LogP contribution in [0.15, 0.2) is 40.2 Å². The van der Waals surface area contributed by atoms with E-state index in [-0.39, 0.29) is 0 Å². The Morgan fingerprint density at radius 3 is 2.41 bits per heavy atom. The predicted octanol–water partition coefficient (Wildman–Crippen LogP) is 4.16. The van der Waals surface area contributed by atoms with Crippen molar-refractivity contribution in [2.45, 2.75) is 6.54 Å². The predicted molar refractivity (Wildman–Crippen MR) is 77.1 cm³/mol. The standard InChI is InChI=1S/C13H14BrNOS/c1-15(9-12-7-8-13(14)17-12)10-3-5-11(16-2)6-4-10/h3-8H,9H2,1-2H3. The highest BCUT2D eigenvalue weighted by molar-refractivity contribution is 9.11. The van der Waals surface area contributed by atoms with Gasteiger partial charge in [0, 0.05) is 17.6 Å². The molecule has 0 atom stereocenters. The molecule has 0 amide bonds. The fraction of sp³-hybridized carbons (Fsp3) is 0.231. The van der Waals surface area contributed by atoms with Gasteiger partial charge in [0.2, 0.25) is 0 Å². The highest BCUT2D eigenvalue weighted by Crippen LogP contribution is 2.25. The summed E-state index contributed by atoms with van der Waals surface area (Å²) in [4.78, 5) is 3.56. The summed E-state index contributed by atoms with van der Waals surface area (Å²) in [5.74, 6) is 0.890. The zero-order valence-electron chi connectivity index (χ0n) is 9.81. The molecule has 2 rings (SSSR count). The van der Waals surface area contributed by atoms with Gasteiger partial charge in [-0.15, -0.1) is 11.3 Å². The molecule has 90 valence electrons. The second-order valence-electron chi connectivity index (χ2n) is 3.76. The number of nitrogens with zero attached hydrogens (tertiary/aromatic N) is 1. The second kappa shape index (κ2) is 5.56. The van der Waals surface area contributed by atoms with Crippen molar-refractivity contribution < 1.29 is 4.74 Å². The van der Waals surface area contributed by atoms with Crippen LogP contribution in [0.3, 0.4) is 0 Å². The van der Waals surface area contributed by atoms with Gasteiger partial charge < -0.3 is 9.64 Å². The largest absolute Gasteiger partial charge is 0.497 e. The van der Waals surface area contributed by atoms with E-state index in [2.05, 4.69) is 52.1 Å². The lowest BCUT2D eigenvalue weighted by atomic mass is 10.3. The third-order valence-electron chi connectivity index (χ3n) is 2.54. The van der Waals surface area contributed by atoms with Crippen molar-refractivity contribution in [3.05, 3.63) is 45.1 Å². The first kappa shape index (κ1) is 12.5. The van der Waals surface area contributed by atoms with Crippen LogP contribution in [0.25, 0.3) is 0 Å². The maximum Gasteiger partial charge on any atom is 0.119 e. The van der Waals surface area contributed by atoms with Crippen LogP contribution in [-0.4, -0.2) is 14.2 Å². The molecule has 0 aliphatic rings. The molecule has 0 bridgehead atoms. The van der Waals surface area contributed by atoms with Crippen LogP contribution in [0, 0.1) is 0 Å². The van der Waals surface area contributed by atoms with Crippen LogP contribution in [0.2, 0.25) is 0 Å². The van der Waals surface area contributed by atoms with Crippen molar-refractivity contribution in [3.8, 4) is 5.75 Å². The SMILES string of the molecule is COc1ccc(N(C)Cc2ccc(Br)s2)cc1. The molecular formula is C13H14BrNOS. The molecule has 0 saturated heterocycles. The summed E-state index contributed by atoms with van der Waals surface area (Å²) in [6, 6.07) is 12.3. The molecule has 1 aromatic heterocycles. The van der Waals surface area contributed by atoms with E-state index in [0.29, 0.717) is 0 Å². The molecule has 0 N–H and O–H groups in total. The molecule has 0 saturated carbocycles. The van der Waals surface area contributed by atoms with E-state index in [9.17, 15) is 0 Å². The minimum Gasteiger partial charge on any atom is -0.497 e. The van der Waals surface area contributed by atoms with Gasteiger partial charge in [0.15, 0.2) is 0 Å². The minimum atomic E-state index is 0.890. The molecule has 0 aliphatic carbocycles. The number of hydrogen-bond acceptors (Lipinski definition) is 3. The molecule has 0 aliphatic heterocycles. The first-order chi connectivity index (χ1) is 8.19. The first-order valence-electron chi connectivity index (χ1n) is 5.28. The van der Waals surface area contributed by atoms with Crippen LogP contribution in [0.5, 0.6) is 5.75 Å². The number of benzene rings is 1. The van der Waals surface area contributed by atoms with Crippen molar-refractivity contribution >= 4 is 33.0 Å². The number of rotatable bonds is 4. The molecule has 17 heavy (non-hydrogen) atoms. The summed E-state index contributed by atoms with van der Waals surface area (Å²) >= 11 is 5.25. The summed E-state index contributed by atoms with van der Waals surface area (Å²) in [7, 11) is 3.78. The van der Waals surface area contributed by atoms with Gasteiger partial charge >= 0.3 is 0 Å². The molecule has 1 aromatic carbocycles. The normalized spacial score (nSPS) is 10.3. The Labute approximate surface area is 114 Å². The zero-order chi connectivity index (χ0) is 12.3. The van der Waals surface area contributed by atoms with Gasteiger partial charge in [-0.3, -0.25) is 0 Å². The average molecular weight is 312 g/mol. The van der Waals surface area contributed by atoms with Crippen LogP contribution in [0.4, 0.5) is 5.69 Å². The molecular weight excluding hydrogens is 298 g/mol. The number of halogens is 1. The molecule has 4 heteroatoms. The third kappa shape index (κ3) is 3.23. The van der Waals surface area contributed by atoms with Crippen molar-refractivity contribution in [1.29, 1.82) is 0 Å². The van der Waals surface area contributed by atoms with Gasteiger partial charge in [0.25, 0.3) is 0 Å². The van der Waals surface area contributed by atoms with E-state index >= 15 is 0 Å². The fourth-order valence-electron chi connectivity index (χ4n) is 1.60. The summed E-state index contributed by atoms with van der Waals surface area (Å²) in [6.45, 7) is 0.919. The molecule has 0 unspecified atom stereocenters. The van der Waals surface area contributed by atoms with Crippen molar-refractivity contribution in [1.82, 2.24) is 0 Å². The molecule has 0 fully saturated rings. The van der Waals surface area contributed by atoms with E-state index < -0.39 is 0 Å². The van der Waals surface area contributed by atoms with Crippen molar-refractivity contribution in [3.63, 3.8) is 0 Å². The van der Waals surface area contributed by atoms with Crippen LogP contribution >= 0.6 is 27.3 Å². The van der Waals surface area contributed by atoms with Crippen LogP contribution < -0.4 is 9.64 Å². The topological polar surface area (TPSA) is 12.5 Å². The van der Waals surface area contributed by atoms with Crippen LogP contribution in [0.1, 0.15) is 4.88 Å². The highest BCUT2D eigenvalue weighted by Gasteiger charge is 2.04. The van der Waals surface area contributed by atoms with E-state index in [1.165, 1.54) is 14.4 Å². The Morgan fingerprint density at radius 1 is 1.18 bits per heavy atom. The van der Waals surface area contributed by atoms with E-state index in [1.54, 1.807) is 18.4 Å². The Bertz CT molecular complexity index is 480. The van der Waals surface area contributed by atoms with Gasteiger partial charge in [0.1, 0.15) is 5.75 Å². The number of ether oxygens (including phenoxy) is 1. The maximum absolute atomic E-state index is 5.15. The smallest absolute Gasteiger partial charge is 0.119 e. The average Bonchev–Trinajstić information content (AvgIpc) is 2.75. The third-order valence-corrected chi connectivity index (χ3v) is 4.14. The van der Waals surface area contributed by atoms with Gasteiger partial charge in [-0.05, 0) is 52.3 Å². The monoisotopic (exact) mass is 311 g/mol. The Balaban J connectivity index is 2.06. The minimum absolute atomic E-state index is 0.890. The maximum atomic E-state index is 5.15. The number of hydrogen-bond donors (Lipinski definition) is 0. The van der Waals surface area contributed by atoms with Gasteiger partial charge in [-0.25, -0.2) is 0 Å². The summed E-state index contributed by atoms with van der Waals surface area (Å²) in [6.07, 6.45) is 0. The first-order valence-corrected chi connectivity index (χ1v) is 6.89. The van der Waals surface area contributed by atoms with E-state index in [1.807, 2.05) is 12.1 Å². The lowest BCUT2D eigenvalue weighted by molar-refractivity contribution is 0.415. The summed E-state index contributed by atoms with van der Waals surface area (Å²) < 4.78 is 6.32. The number of thiophene rings is 1. The van der Waals surface area contributed by atoms with Crippen LogP contribution in [-0.2, 0) is 6.54 Å². The second-order valence-corrected chi connectivity index (χ2v) is 6.31. The lowest BCUT2D eigenvalue weighted by Crippen LogP contribution is -2.15. The lowest BCUT2D eigenvalue weighted by Gasteiger charge is -2.18. The van der Waals surface area contributed by atoms with Gasteiger partial charge in [-0.2, -0.15) is 0 Å². The quantitative estimate of drug-likeness (QED) is 0.841.